The Morgan fingerprint density at radius 2 is 2.20 bits per heavy atom. The third-order valence-electron chi connectivity index (χ3n) is 2.62. The largest absolute Gasteiger partial charge is 0.478 e. The van der Waals surface area contributed by atoms with Crippen LogP contribution in [0.3, 0.4) is 0 Å². The molecule has 1 aromatic heterocycles. The van der Waals surface area contributed by atoms with Crippen LogP contribution in [0.25, 0.3) is 0 Å². The third-order valence-corrected chi connectivity index (χ3v) is 4.17. The number of aromatic nitrogens is 1. The number of aryl methyl sites for hydroxylation is 1. The number of carbonyl (C=O) groups is 1. The van der Waals surface area contributed by atoms with Crippen molar-refractivity contribution in [2.45, 2.75) is 16.8 Å². The third kappa shape index (κ3) is 3.00. The fraction of sp³-hybridized carbons (Fsp3) is 0.0714. The van der Waals surface area contributed by atoms with Crippen LogP contribution < -0.4 is 0 Å². The molecule has 0 aliphatic heterocycles. The van der Waals surface area contributed by atoms with Gasteiger partial charge in [0.15, 0.2) is 0 Å². The quantitative estimate of drug-likeness (QED) is 0.910. The molecule has 100 valence electrons. The number of benzene rings is 1. The lowest BCUT2D eigenvalue weighted by Gasteiger charge is -2.08. The normalized spacial score (nSPS) is 10.1. The Kier molecular flexibility index (Phi) is 4.42. The monoisotopic (exact) mass is 348 g/mol. The topological polar surface area (TPSA) is 74.0 Å². The number of nitrogens with zero attached hydrogens (tertiary/aromatic N) is 2. The van der Waals surface area contributed by atoms with E-state index in [4.69, 9.17) is 0 Å². The van der Waals surface area contributed by atoms with Crippen molar-refractivity contribution in [1.29, 1.82) is 5.26 Å². The summed E-state index contributed by atoms with van der Waals surface area (Å²) >= 11 is 4.49. The van der Waals surface area contributed by atoms with Crippen molar-refractivity contribution in [2.75, 3.05) is 0 Å². The van der Waals surface area contributed by atoms with Crippen LogP contribution in [0.4, 0.5) is 0 Å². The molecule has 0 saturated heterocycles. The number of pyridine rings is 1. The fourth-order valence-electron chi connectivity index (χ4n) is 1.61. The average Bonchev–Trinajstić information content (AvgIpc) is 2.38. The number of nitriles is 1. The van der Waals surface area contributed by atoms with Gasteiger partial charge in [-0.1, -0.05) is 27.7 Å². The van der Waals surface area contributed by atoms with Gasteiger partial charge in [0, 0.05) is 15.6 Å². The maximum absolute atomic E-state index is 11.2. The van der Waals surface area contributed by atoms with Crippen LogP contribution in [0.5, 0.6) is 0 Å². The summed E-state index contributed by atoms with van der Waals surface area (Å²) in [7, 11) is 0. The summed E-state index contributed by atoms with van der Waals surface area (Å²) in [6.45, 7) is 1.82. The standard InChI is InChI=1S/C14H9BrN2O2S/c1-8-4-5-17-13(11(8)7-16)20-12-6-9(15)2-3-10(12)14(18)19/h2-6H,1H3,(H,18,19). The van der Waals surface area contributed by atoms with Crippen LogP contribution in [0.15, 0.2) is 44.9 Å². The molecule has 0 bridgehead atoms. The van der Waals surface area contributed by atoms with Gasteiger partial charge in [-0.2, -0.15) is 5.26 Å². The van der Waals surface area contributed by atoms with Crippen molar-refractivity contribution < 1.29 is 9.90 Å². The van der Waals surface area contributed by atoms with Gasteiger partial charge in [-0.3, -0.25) is 0 Å². The van der Waals surface area contributed by atoms with Gasteiger partial charge in [-0.25, -0.2) is 9.78 Å². The van der Waals surface area contributed by atoms with Crippen LogP contribution in [-0.2, 0) is 0 Å². The minimum atomic E-state index is -1.01. The zero-order chi connectivity index (χ0) is 14.7. The Bertz CT molecular complexity index is 726. The first kappa shape index (κ1) is 14.6. The minimum Gasteiger partial charge on any atom is -0.478 e. The van der Waals surface area contributed by atoms with Crippen LogP contribution in [0.2, 0.25) is 0 Å². The van der Waals surface area contributed by atoms with E-state index in [1.54, 1.807) is 24.4 Å². The summed E-state index contributed by atoms with van der Waals surface area (Å²) in [5.41, 5.74) is 1.47. The first-order valence-electron chi connectivity index (χ1n) is 5.59. The van der Waals surface area contributed by atoms with Gasteiger partial charge in [0.25, 0.3) is 0 Å². The zero-order valence-electron chi connectivity index (χ0n) is 10.4. The van der Waals surface area contributed by atoms with E-state index in [0.717, 1.165) is 10.0 Å². The average molecular weight is 349 g/mol. The summed E-state index contributed by atoms with van der Waals surface area (Å²) in [6.07, 6.45) is 1.61. The second-order valence-electron chi connectivity index (χ2n) is 3.97. The van der Waals surface area contributed by atoms with E-state index in [1.807, 2.05) is 6.92 Å². The summed E-state index contributed by atoms with van der Waals surface area (Å²) in [6, 6.07) is 8.76. The van der Waals surface area contributed by atoms with Crippen molar-refractivity contribution in [3.8, 4) is 6.07 Å². The van der Waals surface area contributed by atoms with Crippen LogP contribution in [0.1, 0.15) is 21.5 Å². The van der Waals surface area contributed by atoms with Gasteiger partial charge >= 0.3 is 5.97 Å². The highest BCUT2D eigenvalue weighted by Gasteiger charge is 2.15. The number of hydrogen-bond donors (Lipinski definition) is 1. The fourth-order valence-corrected chi connectivity index (χ4v) is 3.20. The van der Waals surface area contributed by atoms with Crippen molar-refractivity contribution >= 4 is 33.7 Å². The summed E-state index contributed by atoms with van der Waals surface area (Å²) in [5.74, 6) is -1.01. The molecule has 0 amide bonds. The lowest BCUT2D eigenvalue weighted by atomic mass is 10.2. The maximum Gasteiger partial charge on any atom is 0.336 e. The second-order valence-corrected chi connectivity index (χ2v) is 5.91. The molecule has 0 radical (unpaired) electrons. The molecule has 0 fully saturated rings. The van der Waals surface area contributed by atoms with Crippen LogP contribution >= 0.6 is 27.7 Å². The van der Waals surface area contributed by atoms with Gasteiger partial charge in [0.05, 0.1) is 11.1 Å². The number of rotatable bonds is 3. The zero-order valence-corrected chi connectivity index (χ0v) is 12.8. The van der Waals surface area contributed by atoms with E-state index >= 15 is 0 Å². The molecule has 0 unspecified atom stereocenters. The van der Waals surface area contributed by atoms with Gasteiger partial charge in [0.2, 0.25) is 0 Å². The highest BCUT2D eigenvalue weighted by Crippen LogP contribution is 2.33. The Labute approximate surface area is 128 Å². The second kappa shape index (κ2) is 6.07. The van der Waals surface area contributed by atoms with Crippen molar-refractivity contribution in [3.63, 3.8) is 0 Å². The van der Waals surface area contributed by atoms with E-state index in [2.05, 4.69) is 27.0 Å². The molecule has 1 N–H and O–H groups in total. The van der Waals surface area contributed by atoms with E-state index in [1.165, 1.54) is 17.8 Å². The molecule has 1 heterocycles. The predicted molar refractivity (Wildman–Crippen MR) is 78.9 cm³/mol. The number of halogens is 1. The van der Waals surface area contributed by atoms with Gasteiger partial charge in [0.1, 0.15) is 11.1 Å². The van der Waals surface area contributed by atoms with Crippen LogP contribution in [0, 0.1) is 18.3 Å². The van der Waals surface area contributed by atoms with E-state index in [-0.39, 0.29) is 5.56 Å². The van der Waals surface area contributed by atoms with E-state index < -0.39 is 5.97 Å². The Morgan fingerprint density at radius 1 is 1.45 bits per heavy atom. The van der Waals surface area contributed by atoms with Gasteiger partial charge in [-0.15, -0.1) is 0 Å². The predicted octanol–water partition coefficient (Wildman–Crippen LogP) is 3.87. The van der Waals surface area contributed by atoms with Crippen LogP contribution in [-0.4, -0.2) is 16.1 Å². The highest BCUT2D eigenvalue weighted by molar-refractivity contribution is 9.10. The Hall–Kier alpha value is -1.84. The molecule has 0 aliphatic rings. The number of carboxylic acids is 1. The molecule has 6 heteroatoms. The number of carboxylic acid groups (broad SMARTS) is 1. The molecule has 20 heavy (non-hydrogen) atoms. The Morgan fingerprint density at radius 3 is 2.85 bits per heavy atom. The number of aromatic carboxylic acids is 1. The molecule has 1 aromatic carbocycles. The first-order chi connectivity index (χ1) is 9.52. The number of hydrogen-bond acceptors (Lipinski definition) is 4. The van der Waals surface area contributed by atoms with Gasteiger partial charge in [-0.05, 0) is 36.8 Å². The smallest absolute Gasteiger partial charge is 0.336 e. The maximum atomic E-state index is 11.2. The molecule has 4 nitrogen and oxygen atoms in total. The highest BCUT2D eigenvalue weighted by atomic mass is 79.9. The molecule has 2 aromatic rings. The summed E-state index contributed by atoms with van der Waals surface area (Å²) in [5, 5.41) is 18.9. The minimum absolute atomic E-state index is 0.186. The van der Waals surface area contributed by atoms with E-state index in [0.29, 0.717) is 15.5 Å². The molecular weight excluding hydrogens is 340 g/mol. The summed E-state index contributed by atoms with van der Waals surface area (Å²) in [4.78, 5) is 15.9. The Balaban J connectivity index is 2.51. The van der Waals surface area contributed by atoms with Crippen molar-refractivity contribution in [3.05, 3.63) is 51.6 Å². The molecule has 0 saturated carbocycles. The summed E-state index contributed by atoms with van der Waals surface area (Å²) < 4.78 is 0.774. The lowest BCUT2D eigenvalue weighted by molar-refractivity contribution is 0.0693. The molecule has 2 rings (SSSR count). The SMILES string of the molecule is Cc1ccnc(Sc2cc(Br)ccc2C(=O)O)c1C#N. The van der Waals surface area contributed by atoms with E-state index in [9.17, 15) is 15.2 Å². The van der Waals surface area contributed by atoms with Gasteiger partial charge < -0.3 is 5.11 Å². The van der Waals surface area contributed by atoms with Crippen molar-refractivity contribution in [1.82, 2.24) is 4.98 Å². The lowest BCUT2D eigenvalue weighted by Crippen LogP contribution is -1.99. The molecule has 0 spiro atoms. The van der Waals surface area contributed by atoms with Crippen molar-refractivity contribution in [2.24, 2.45) is 0 Å². The molecule has 0 atom stereocenters. The molecule has 0 aliphatic carbocycles. The molecular formula is C14H9BrN2O2S. The first-order valence-corrected chi connectivity index (χ1v) is 7.20.